The predicted octanol–water partition coefficient (Wildman–Crippen LogP) is 2.01. The zero-order valence-electron chi connectivity index (χ0n) is 13.0. The number of aromatic nitrogens is 2. The Hall–Kier alpha value is -2.30. The summed E-state index contributed by atoms with van der Waals surface area (Å²) >= 11 is 0. The minimum atomic E-state index is 0.787. The monoisotopic (exact) mass is 297 g/mol. The third-order valence-corrected chi connectivity index (χ3v) is 3.89. The van der Waals surface area contributed by atoms with E-state index < -0.39 is 0 Å². The Labute approximate surface area is 131 Å². The molecule has 0 saturated heterocycles. The number of imidazole rings is 1. The Bertz CT molecular complexity index is 596. The predicted molar refractivity (Wildman–Crippen MR) is 88.7 cm³/mol. The number of aliphatic imine (C=N–C) groups is 1. The molecule has 22 heavy (non-hydrogen) atoms. The summed E-state index contributed by atoms with van der Waals surface area (Å²) < 4.78 is 2.07. The fraction of sp³-hybridized carbons (Fsp3) is 0.412. The van der Waals surface area contributed by atoms with Crippen LogP contribution in [0.1, 0.15) is 24.0 Å². The van der Waals surface area contributed by atoms with E-state index in [0.29, 0.717) is 0 Å². The van der Waals surface area contributed by atoms with Crippen molar-refractivity contribution in [2.45, 2.75) is 25.9 Å². The first kappa shape index (κ1) is 14.6. The molecule has 116 valence electrons. The van der Waals surface area contributed by atoms with E-state index in [0.717, 1.165) is 31.5 Å². The van der Waals surface area contributed by atoms with E-state index in [2.05, 4.69) is 49.4 Å². The number of rotatable bonds is 6. The van der Waals surface area contributed by atoms with Crippen LogP contribution in [0.25, 0.3) is 0 Å². The second-order valence-corrected chi connectivity index (χ2v) is 5.80. The fourth-order valence-electron chi connectivity index (χ4n) is 2.32. The number of guanidine groups is 1. The second-order valence-electron chi connectivity index (χ2n) is 5.80. The Balaban J connectivity index is 1.47. The first-order chi connectivity index (χ1) is 10.8. The number of hydrogen-bond acceptors (Lipinski definition) is 2. The highest BCUT2D eigenvalue weighted by atomic mass is 15.2. The van der Waals surface area contributed by atoms with Gasteiger partial charge in [0.05, 0.1) is 6.33 Å². The van der Waals surface area contributed by atoms with E-state index >= 15 is 0 Å². The highest BCUT2D eigenvalue weighted by Crippen LogP contribution is 2.27. The van der Waals surface area contributed by atoms with Crippen molar-refractivity contribution in [2.24, 2.45) is 10.9 Å². The van der Waals surface area contributed by atoms with E-state index in [-0.39, 0.29) is 0 Å². The summed E-state index contributed by atoms with van der Waals surface area (Å²) in [5.41, 5.74) is 2.53. The number of nitrogens with one attached hydrogen (secondary N) is 2. The number of benzene rings is 1. The van der Waals surface area contributed by atoms with Gasteiger partial charge in [-0.25, -0.2) is 4.98 Å². The van der Waals surface area contributed by atoms with Crippen LogP contribution in [0, 0.1) is 5.92 Å². The average molecular weight is 297 g/mol. The van der Waals surface area contributed by atoms with Crippen LogP contribution in [-0.4, -0.2) is 29.1 Å². The Morgan fingerprint density at radius 3 is 2.64 bits per heavy atom. The fourth-order valence-corrected chi connectivity index (χ4v) is 2.32. The first-order valence-electron chi connectivity index (χ1n) is 7.81. The summed E-state index contributed by atoms with van der Waals surface area (Å²) in [6, 6.07) is 8.65. The van der Waals surface area contributed by atoms with E-state index in [1.54, 1.807) is 6.20 Å². The average Bonchev–Trinajstić information content (AvgIpc) is 3.24. The molecule has 1 heterocycles. The van der Waals surface area contributed by atoms with Gasteiger partial charge >= 0.3 is 0 Å². The summed E-state index contributed by atoms with van der Waals surface area (Å²) in [4.78, 5) is 8.32. The van der Waals surface area contributed by atoms with Crippen molar-refractivity contribution in [3.05, 3.63) is 54.1 Å². The molecule has 1 aliphatic rings. The molecule has 1 aliphatic carbocycles. The topological polar surface area (TPSA) is 54.2 Å². The van der Waals surface area contributed by atoms with Crippen LogP contribution >= 0.6 is 0 Å². The number of hydrogen-bond donors (Lipinski definition) is 2. The van der Waals surface area contributed by atoms with Gasteiger partial charge in [-0.2, -0.15) is 0 Å². The molecule has 0 unspecified atom stereocenters. The maximum absolute atomic E-state index is 4.25. The lowest BCUT2D eigenvalue weighted by Gasteiger charge is -2.12. The molecule has 2 aromatic rings. The van der Waals surface area contributed by atoms with Gasteiger partial charge in [0.1, 0.15) is 0 Å². The summed E-state index contributed by atoms with van der Waals surface area (Å²) in [5.74, 6) is 1.73. The van der Waals surface area contributed by atoms with Gasteiger partial charge in [-0.1, -0.05) is 24.3 Å². The lowest BCUT2D eigenvalue weighted by molar-refractivity contribution is 0.737. The first-order valence-corrected chi connectivity index (χ1v) is 7.81. The SMILES string of the molecule is CN=C(NCc1ccc(Cn2ccnc2)cc1)NCC1CC1. The van der Waals surface area contributed by atoms with Crippen molar-refractivity contribution in [3.63, 3.8) is 0 Å². The molecule has 1 saturated carbocycles. The summed E-state index contributed by atoms with van der Waals surface area (Å²) in [7, 11) is 1.82. The maximum Gasteiger partial charge on any atom is 0.191 e. The zero-order chi connectivity index (χ0) is 15.2. The lowest BCUT2D eigenvalue weighted by atomic mass is 10.1. The smallest absolute Gasteiger partial charge is 0.191 e. The zero-order valence-corrected chi connectivity index (χ0v) is 13.0. The molecule has 3 rings (SSSR count). The molecular weight excluding hydrogens is 274 g/mol. The van der Waals surface area contributed by atoms with Crippen LogP contribution in [0.15, 0.2) is 48.0 Å². The quantitative estimate of drug-likeness (QED) is 0.633. The Morgan fingerprint density at radius 1 is 1.23 bits per heavy atom. The van der Waals surface area contributed by atoms with Gasteiger partial charge in [0.2, 0.25) is 0 Å². The van der Waals surface area contributed by atoms with Crippen LogP contribution in [0.5, 0.6) is 0 Å². The highest BCUT2D eigenvalue weighted by Gasteiger charge is 2.20. The van der Waals surface area contributed by atoms with Gasteiger partial charge in [0.15, 0.2) is 5.96 Å². The van der Waals surface area contributed by atoms with E-state index in [1.165, 1.54) is 24.0 Å². The molecule has 1 fully saturated rings. The van der Waals surface area contributed by atoms with Crippen molar-refractivity contribution >= 4 is 5.96 Å². The molecule has 0 spiro atoms. The molecule has 1 aromatic carbocycles. The highest BCUT2D eigenvalue weighted by molar-refractivity contribution is 5.79. The van der Waals surface area contributed by atoms with Gasteiger partial charge in [0, 0.05) is 39.1 Å². The van der Waals surface area contributed by atoms with E-state index in [4.69, 9.17) is 0 Å². The van der Waals surface area contributed by atoms with Crippen molar-refractivity contribution in [3.8, 4) is 0 Å². The molecule has 2 N–H and O–H groups in total. The largest absolute Gasteiger partial charge is 0.356 e. The number of nitrogens with zero attached hydrogens (tertiary/aromatic N) is 3. The van der Waals surface area contributed by atoms with Crippen LogP contribution in [0.2, 0.25) is 0 Å². The summed E-state index contributed by atoms with van der Waals surface area (Å²) in [5, 5.41) is 6.73. The van der Waals surface area contributed by atoms with E-state index in [1.807, 2.05) is 19.6 Å². The molecule has 0 radical (unpaired) electrons. The summed E-state index contributed by atoms with van der Waals surface area (Å²) in [6.07, 6.45) is 8.32. The van der Waals surface area contributed by atoms with Crippen LogP contribution in [0.3, 0.4) is 0 Å². The summed E-state index contributed by atoms with van der Waals surface area (Å²) in [6.45, 7) is 2.68. The Kier molecular flexibility index (Phi) is 4.73. The van der Waals surface area contributed by atoms with Crippen LogP contribution < -0.4 is 10.6 Å². The van der Waals surface area contributed by atoms with Crippen molar-refractivity contribution in [1.29, 1.82) is 0 Å². The minimum Gasteiger partial charge on any atom is -0.356 e. The second kappa shape index (κ2) is 7.11. The molecule has 0 bridgehead atoms. The standard InChI is InChI=1S/C17H23N5/c1-18-17(20-10-14-2-3-14)21-11-15-4-6-16(7-5-15)12-22-9-8-19-13-22/h4-9,13-14H,2-3,10-12H2,1H3,(H2,18,20,21). The van der Waals surface area contributed by atoms with Crippen LogP contribution in [0.4, 0.5) is 0 Å². The van der Waals surface area contributed by atoms with Gasteiger partial charge < -0.3 is 15.2 Å². The normalized spacial score (nSPS) is 14.9. The van der Waals surface area contributed by atoms with Crippen LogP contribution in [-0.2, 0) is 13.1 Å². The molecule has 5 heteroatoms. The van der Waals surface area contributed by atoms with Gasteiger partial charge in [-0.3, -0.25) is 4.99 Å². The molecule has 0 atom stereocenters. The van der Waals surface area contributed by atoms with Gasteiger partial charge in [-0.05, 0) is 29.9 Å². The Morgan fingerprint density at radius 2 is 2.00 bits per heavy atom. The maximum atomic E-state index is 4.25. The van der Waals surface area contributed by atoms with E-state index in [9.17, 15) is 0 Å². The molecule has 1 aromatic heterocycles. The van der Waals surface area contributed by atoms with Crippen molar-refractivity contribution < 1.29 is 0 Å². The molecule has 0 amide bonds. The van der Waals surface area contributed by atoms with Gasteiger partial charge in [-0.15, -0.1) is 0 Å². The molecule has 0 aliphatic heterocycles. The third-order valence-electron chi connectivity index (χ3n) is 3.89. The third kappa shape index (κ3) is 4.35. The van der Waals surface area contributed by atoms with Crippen molar-refractivity contribution in [1.82, 2.24) is 20.2 Å². The lowest BCUT2D eigenvalue weighted by Crippen LogP contribution is -2.37. The van der Waals surface area contributed by atoms with Crippen molar-refractivity contribution in [2.75, 3.05) is 13.6 Å². The molecule has 5 nitrogen and oxygen atoms in total. The molecular formula is C17H23N5. The minimum absolute atomic E-state index is 0.787. The van der Waals surface area contributed by atoms with Gasteiger partial charge in [0.25, 0.3) is 0 Å².